The average molecular weight is 240 g/mol. The van der Waals surface area contributed by atoms with Gasteiger partial charge in [0, 0.05) is 6.04 Å². The van der Waals surface area contributed by atoms with Crippen molar-refractivity contribution >= 4 is 5.69 Å². The SMILES string of the molecule is [C-]#[N+]c1ccc(C2NC[C@@H]3CC(C)(C)C[C@H]23)cc1. The molecule has 94 valence electrons. The zero-order chi connectivity index (χ0) is 12.8. The van der Waals surface area contributed by atoms with Crippen LogP contribution in [-0.2, 0) is 0 Å². The van der Waals surface area contributed by atoms with Gasteiger partial charge in [-0.3, -0.25) is 0 Å². The Morgan fingerprint density at radius 2 is 1.94 bits per heavy atom. The van der Waals surface area contributed by atoms with Crippen LogP contribution in [0.2, 0.25) is 0 Å². The van der Waals surface area contributed by atoms with E-state index in [-0.39, 0.29) is 0 Å². The third-order valence-corrected chi connectivity index (χ3v) is 4.62. The monoisotopic (exact) mass is 240 g/mol. The van der Waals surface area contributed by atoms with Crippen molar-refractivity contribution in [3.05, 3.63) is 41.2 Å². The Morgan fingerprint density at radius 3 is 2.61 bits per heavy atom. The lowest BCUT2D eigenvalue weighted by Gasteiger charge is -2.22. The predicted octanol–water partition coefficient (Wildman–Crippen LogP) is 3.93. The number of benzene rings is 1. The summed E-state index contributed by atoms with van der Waals surface area (Å²) in [6.07, 6.45) is 2.67. The molecule has 0 spiro atoms. The summed E-state index contributed by atoms with van der Waals surface area (Å²) < 4.78 is 0. The van der Waals surface area contributed by atoms with E-state index in [1.54, 1.807) is 0 Å². The van der Waals surface area contributed by atoms with Crippen LogP contribution in [0.5, 0.6) is 0 Å². The number of hydrogen-bond donors (Lipinski definition) is 1. The molecule has 1 aliphatic carbocycles. The predicted molar refractivity (Wildman–Crippen MR) is 73.4 cm³/mol. The molecule has 1 unspecified atom stereocenters. The molecule has 1 N–H and O–H groups in total. The molecule has 0 amide bonds. The fraction of sp³-hybridized carbons (Fsp3) is 0.562. The molecular weight excluding hydrogens is 220 g/mol. The second kappa shape index (κ2) is 4.10. The van der Waals surface area contributed by atoms with E-state index in [0.29, 0.717) is 11.5 Å². The molecule has 1 saturated heterocycles. The molecule has 0 bridgehead atoms. The molecule has 3 atom stereocenters. The van der Waals surface area contributed by atoms with Crippen molar-refractivity contribution in [2.75, 3.05) is 6.54 Å². The molecule has 1 heterocycles. The van der Waals surface area contributed by atoms with Gasteiger partial charge in [0.25, 0.3) is 0 Å². The number of rotatable bonds is 1. The highest BCUT2D eigenvalue weighted by molar-refractivity contribution is 5.46. The molecule has 2 fully saturated rings. The standard InChI is InChI=1S/C16H20N2/c1-16(2)8-12-10-18-15(14(12)9-16)11-4-6-13(17-3)7-5-11/h4-7,12,14-15,18H,8-10H2,1-2H3/t12-,14-,15?/m0/s1. The molecule has 1 aromatic carbocycles. The molecule has 2 heteroatoms. The molecule has 2 aliphatic rings. The maximum absolute atomic E-state index is 7.00. The number of hydrogen-bond acceptors (Lipinski definition) is 1. The lowest BCUT2D eigenvalue weighted by atomic mass is 9.86. The topological polar surface area (TPSA) is 16.4 Å². The Labute approximate surface area is 109 Å². The van der Waals surface area contributed by atoms with E-state index in [4.69, 9.17) is 6.57 Å². The minimum Gasteiger partial charge on any atom is -0.309 e. The zero-order valence-corrected chi connectivity index (χ0v) is 11.1. The summed E-state index contributed by atoms with van der Waals surface area (Å²) in [7, 11) is 0. The summed E-state index contributed by atoms with van der Waals surface area (Å²) in [6, 6.07) is 8.63. The van der Waals surface area contributed by atoms with Crippen LogP contribution < -0.4 is 5.32 Å². The molecule has 1 aromatic rings. The first-order chi connectivity index (χ1) is 8.59. The third kappa shape index (κ3) is 1.93. The van der Waals surface area contributed by atoms with Crippen molar-refractivity contribution in [1.82, 2.24) is 5.32 Å². The summed E-state index contributed by atoms with van der Waals surface area (Å²) in [6.45, 7) is 12.9. The van der Waals surface area contributed by atoms with Crippen molar-refractivity contribution < 1.29 is 0 Å². The number of nitrogens with one attached hydrogen (secondary N) is 1. The molecule has 18 heavy (non-hydrogen) atoms. The van der Waals surface area contributed by atoms with Gasteiger partial charge in [-0.2, -0.15) is 0 Å². The summed E-state index contributed by atoms with van der Waals surface area (Å²) in [5, 5.41) is 3.67. The lowest BCUT2D eigenvalue weighted by molar-refractivity contribution is 0.329. The van der Waals surface area contributed by atoms with Gasteiger partial charge in [0.2, 0.25) is 0 Å². The summed E-state index contributed by atoms with van der Waals surface area (Å²) >= 11 is 0. The Kier molecular flexibility index (Phi) is 2.68. The maximum Gasteiger partial charge on any atom is 0.187 e. The second-order valence-electron chi connectivity index (χ2n) is 6.59. The number of fused-ring (bicyclic) bond motifs is 1. The van der Waals surface area contributed by atoms with E-state index in [0.717, 1.165) is 24.1 Å². The fourth-order valence-corrected chi connectivity index (χ4v) is 3.91. The number of nitrogens with zero attached hydrogens (tertiary/aromatic N) is 1. The molecule has 0 aromatic heterocycles. The maximum atomic E-state index is 7.00. The normalized spacial score (nSPS) is 33.1. The van der Waals surface area contributed by atoms with Gasteiger partial charge >= 0.3 is 0 Å². The second-order valence-corrected chi connectivity index (χ2v) is 6.59. The van der Waals surface area contributed by atoms with Crippen LogP contribution in [0.4, 0.5) is 5.69 Å². The molecular formula is C16H20N2. The molecule has 2 nitrogen and oxygen atoms in total. The first kappa shape index (κ1) is 11.7. The average Bonchev–Trinajstić information content (AvgIpc) is 2.84. The van der Waals surface area contributed by atoms with E-state index < -0.39 is 0 Å². The lowest BCUT2D eigenvalue weighted by Crippen LogP contribution is -2.20. The van der Waals surface area contributed by atoms with Crippen molar-refractivity contribution in [3.63, 3.8) is 0 Å². The Balaban J connectivity index is 1.83. The molecule has 1 saturated carbocycles. The van der Waals surface area contributed by atoms with Gasteiger partial charge in [0.15, 0.2) is 5.69 Å². The van der Waals surface area contributed by atoms with Crippen molar-refractivity contribution in [2.24, 2.45) is 17.3 Å². The third-order valence-electron chi connectivity index (χ3n) is 4.62. The van der Waals surface area contributed by atoms with Gasteiger partial charge < -0.3 is 5.32 Å². The first-order valence-electron chi connectivity index (χ1n) is 6.80. The van der Waals surface area contributed by atoms with Crippen molar-refractivity contribution in [3.8, 4) is 0 Å². The van der Waals surface area contributed by atoms with Crippen LogP contribution in [0, 0.1) is 23.8 Å². The zero-order valence-electron chi connectivity index (χ0n) is 11.1. The van der Waals surface area contributed by atoms with Gasteiger partial charge in [-0.1, -0.05) is 38.1 Å². The minimum absolute atomic E-state index is 0.497. The Hall–Kier alpha value is -1.33. The van der Waals surface area contributed by atoms with E-state index in [1.807, 2.05) is 12.1 Å². The summed E-state index contributed by atoms with van der Waals surface area (Å²) in [5.41, 5.74) is 2.60. The summed E-state index contributed by atoms with van der Waals surface area (Å²) in [5.74, 6) is 1.62. The fourth-order valence-electron chi connectivity index (χ4n) is 3.91. The van der Waals surface area contributed by atoms with Gasteiger partial charge in [0.05, 0.1) is 6.57 Å². The quantitative estimate of drug-likeness (QED) is 0.736. The highest BCUT2D eigenvalue weighted by atomic mass is 15.0. The van der Waals surface area contributed by atoms with Crippen LogP contribution in [0.3, 0.4) is 0 Å². The van der Waals surface area contributed by atoms with Gasteiger partial charge in [-0.15, -0.1) is 0 Å². The largest absolute Gasteiger partial charge is 0.309 e. The van der Waals surface area contributed by atoms with Crippen LogP contribution in [0.1, 0.15) is 38.3 Å². The van der Waals surface area contributed by atoms with E-state index >= 15 is 0 Å². The van der Waals surface area contributed by atoms with Gasteiger partial charge in [-0.25, -0.2) is 4.85 Å². The van der Waals surface area contributed by atoms with Crippen molar-refractivity contribution in [2.45, 2.75) is 32.7 Å². The van der Waals surface area contributed by atoms with Gasteiger partial charge in [-0.05, 0) is 42.2 Å². The summed E-state index contributed by atoms with van der Waals surface area (Å²) in [4.78, 5) is 3.46. The highest BCUT2D eigenvalue weighted by Gasteiger charge is 2.46. The smallest absolute Gasteiger partial charge is 0.187 e. The van der Waals surface area contributed by atoms with Crippen LogP contribution in [-0.4, -0.2) is 6.54 Å². The minimum atomic E-state index is 0.497. The Bertz CT molecular complexity index is 481. The van der Waals surface area contributed by atoms with Crippen molar-refractivity contribution in [1.29, 1.82) is 0 Å². The van der Waals surface area contributed by atoms with Crippen LogP contribution >= 0.6 is 0 Å². The van der Waals surface area contributed by atoms with E-state index in [2.05, 4.69) is 36.1 Å². The molecule has 0 radical (unpaired) electrons. The van der Waals surface area contributed by atoms with Crippen LogP contribution in [0.25, 0.3) is 4.85 Å². The van der Waals surface area contributed by atoms with E-state index in [9.17, 15) is 0 Å². The highest BCUT2D eigenvalue weighted by Crippen LogP contribution is 2.52. The van der Waals surface area contributed by atoms with Gasteiger partial charge in [0.1, 0.15) is 0 Å². The van der Waals surface area contributed by atoms with E-state index in [1.165, 1.54) is 18.4 Å². The first-order valence-corrected chi connectivity index (χ1v) is 6.80. The molecule has 1 aliphatic heterocycles. The van der Waals surface area contributed by atoms with Crippen LogP contribution in [0.15, 0.2) is 24.3 Å². The Morgan fingerprint density at radius 1 is 1.22 bits per heavy atom. The molecule has 3 rings (SSSR count).